The van der Waals surface area contributed by atoms with Crippen LogP contribution in [0.1, 0.15) is 12.6 Å². The molecule has 1 aromatic rings. The van der Waals surface area contributed by atoms with Gasteiger partial charge in [0.15, 0.2) is 0 Å². The molecule has 1 N–H and O–H groups in total. The second-order valence-corrected chi connectivity index (χ2v) is 2.65. The lowest BCUT2D eigenvalue weighted by molar-refractivity contribution is -0.140. The van der Waals surface area contributed by atoms with E-state index in [1.807, 2.05) is 6.92 Å². The van der Waals surface area contributed by atoms with E-state index in [-0.39, 0.29) is 12.5 Å². The predicted octanol–water partition coefficient (Wildman–Crippen LogP) is 0.760. The van der Waals surface area contributed by atoms with Crippen molar-refractivity contribution in [2.24, 2.45) is 0 Å². The summed E-state index contributed by atoms with van der Waals surface area (Å²) >= 11 is 0. The molecule has 0 aliphatic heterocycles. The molecule has 0 fully saturated rings. The molecule has 0 unspecified atom stereocenters. The second-order valence-electron chi connectivity index (χ2n) is 2.65. The summed E-state index contributed by atoms with van der Waals surface area (Å²) in [6.07, 6.45) is 3.17. The largest absolute Gasteiger partial charge is 0.465 e. The van der Waals surface area contributed by atoms with Gasteiger partial charge in [-0.15, -0.1) is 0 Å². The van der Waals surface area contributed by atoms with Gasteiger partial charge in [-0.3, -0.25) is 9.78 Å². The van der Waals surface area contributed by atoms with Crippen molar-refractivity contribution < 1.29 is 9.53 Å². The topological polar surface area (TPSA) is 64.1 Å². The fourth-order valence-corrected chi connectivity index (χ4v) is 0.949. The maximum absolute atomic E-state index is 11.0. The van der Waals surface area contributed by atoms with Crippen LogP contribution in [-0.4, -0.2) is 29.1 Å². The van der Waals surface area contributed by atoms with E-state index in [4.69, 9.17) is 4.74 Å². The molecule has 0 saturated carbocycles. The van der Waals surface area contributed by atoms with Gasteiger partial charge in [-0.05, 0) is 13.8 Å². The fourth-order valence-electron chi connectivity index (χ4n) is 0.949. The number of nitrogens with zero attached hydrogens (tertiary/aromatic N) is 2. The van der Waals surface area contributed by atoms with Gasteiger partial charge in [0.1, 0.15) is 12.4 Å². The molecule has 1 aromatic heterocycles. The van der Waals surface area contributed by atoms with Crippen molar-refractivity contribution in [1.82, 2.24) is 9.97 Å². The molecule has 1 rings (SSSR count). The van der Waals surface area contributed by atoms with Crippen LogP contribution >= 0.6 is 0 Å². The molecular weight excluding hydrogens is 182 g/mol. The molecule has 0 spiro atoms. The van der Waals surface area contributed by atoms with Crippen LogP contribution in [0.15, 0.2) is 12.4 Å². The Bertz CT molecular complexity index is 315. The normalized spacial score (nSPS) is 9.57. The number of esters is 1. The van der Waals surface area contributed by atoms with Gasteiger partial charge in [-0.1, -0.05) is 0 Å². The highest BCUT2D eigenvalue weighted by atomic mass is 16.5. The third kappa shape index (κ3) is 3.01. The Labute approximate surface area is 82.5 Å². The molecule has 0 radical (unpaired) electrons. The van der Waals surface area contributed by atoms with Crippen molar-refractivity contribution >= 4 is 11.8 Å². The molecule has 0 aromatic carbocycles. The highest BCUT2D eigenvalue weighted by Gasteiger charge is 2.03. The second kappa shape index (κ2) is 5.16. The SMILES string of the molecule is CCOC(=O)CNc1nccnc1C. The van der Waals surface area contributed by atoms with E-state index in [0.717, 1.165) is 5.69 Å². The highest BCUT2D eigenvalue weighted by Crippen LogP contribution is 2.04. The Hall–Kier alpha value is -1.65. The highest BCUT2D eigenvalue weighted by molar-refractivity contribution is 5.74. The summed E-state index contributed by atoms with van der Waals surface area (Å²) in [5.74, 6) is 0.318. The van der Waals surface area contributed by atoms with E-state index in [1.165, 1.54) is 0 Å². The van der Waals surface area contributed by atoms with E-state index in [9.17, 15) is 4.79 Å². The van der Waals surface area contributed by atoms with Crippen molar-refractivity contribution in [1.29, 1.82) is 0 Å². The first kappa shape index (κ1) is 10.4. The Morgan fingerprint density at radius 3 is 2.86 bits per heavy atom. The first-order chi connectivity index (χ1) is 6.74. The molecule has 0 aliphatic carbocycles. The summed E-state index contributed by atoms with van der Waals surface area (Å²) in [5.41, 5.74) is 0.761. The standard InChI is InChI=1S/C9H13N3O2/c1-3-14-8(13)6-12-9-7(2)10-4-5-11-9/h4-5H,3,6H2,1-2H3,(H,11,12). The van der Waals surface area contributed by atoms with Crippen molar-refractivity contribution in [2.75, 3.05) is 18.5 Å². The van der Waals surface area contributed by atoms with Crippen molar-refractivity contribution in [3.63, 3.8) is 0 Å². The minimum Gasteiger partial charge on any atom is -0.465 e. The van der Waals surface area contributed by atoms with Crippen molar-refractivity contribution in [2.45, 2.75) is 13.8 Å². The lowest BCUT2D eigenvalue weighted by Gasteiger charge is -2.06. The molecule has 0 atom stereocenters. The average molecular weight is 195 g/mol. The van der Waals surface area contributed by atoms with Crippen LogP contribution in [0.25, 0.3) is 0 Å². The smallest absolute Gasteiger partial charge is 0.325 e. The minimum atomic E-state index is -0.294. The van der Waals surface area contributed by atoms with Crippen LogP contribution < -0.4 is 5.32 Å². The fraction of sp³-hybridized carbons (Fsp3) is 0.444. The molecule has 1 heterocycles. The molecule has 5 nitrogen and oxygen atoms in total. The van der Waals surface area contributed by atoms with Gasteiger partial charge < -0.3 is 10.1 Å². The predicted molar refractivity (Wildman–Crippen MR) is 51.9 cm³/mol. The maximum Gasteiger partial charge on any atom is 0.325 e. The van der Waals surface area contributed by atoms with Gasteiger partial charge in [0.2, 0.25) is 0 Å². The number of anilines is 1. The number of aryl methyl sites for hydroxylation is 1. The zero-order valence-electron chi connectivity index (χ0n) is 8.28. The Kier molecular flexibility index (Phi) is 3.84. The lowest BCUT2D eigenvalue weighted by Crippen LogP contribution is -2.18. The first-order valence-electron chi connectivity index (χ1n) is 4.41. The van der Waals surface area contributed by atoms with Crippen LogP contribution in [-0.2, 0) is 9.53 Å². The third-order valence-electron chi connectivity index (χ3n) is 1.59. The Morgan fingerprint density at radius 2 is 2.21 bits per heavy atom. The summed E-state index contributed by atoms with van der Waals surface area (Å²) in [6, 6.07) is 0. The molecule has 0 aliphatic rings. The van der Waals surface area contributed by atoms with E-state index in [2.05, 4.69) is 15.3 Å². The average Bonchev–Trinajstić information content (AvgIpc) is 2.17. The molecular formula is C9H13N3O2. The van der Waals surface area contributed by atoms with Crippen LogP contribution in [0, 0.1) is 6.92 Å². The maximum atomic E-state index is 11.0. The third-order valence-corrected chi connectivity index (χ3v) is 1.59. The number of nitrogens with one attached hydrogen (secondary N) is 1. The molecule has 0 bridgehead atoms. The molecule has 14 heavy (non-hydrogen) atoms. The number of carbonyl (C=O) groups is 1. The summed E-state index contributed by atoms with van der Waals surface area (Å²) < 4.78 is 4.75. The van der Waals surface area contributed by atoms with Crippen LogP contribution in [0.5, 0.6) is 0 Å². The number of ether oxygens (including phenoxy) is 1. The molecule has 0 amide bonds. The van der Waals surface area contributed by atoms with E-state index < -0.39 is 0 Å². The molecule has 76 valence electrons. The molecule has 5 heteroatoms. The van der Waals surface area contributed by atoms with E-state index >= 15 is 0 Å². The summed E-state index contributed by atoms with van der Waals surface area (Å²) in [6.45, 7) is 4.10. The number of hydrogen-bond acceptors (Lipinski definition) is 5. The molecule has 0 saturated heterocycles. The van der Waals surface area contributed by atoms with Gasteiger partial charge in [-0.25, -0.2) is 4.98 Å². The summed E-state index contributed by atoms with van der Waals surface area (Å²) in [4.78, 5) is 19.0. The van der Waals surface area contributed by atoms with Gasteiger partial charge >= 0.3 is 5.97 Å². The van der Waals surface area contributed by atoms with E-state index in [0.29, 0.717) is 12.4 Å². The Morgan fingerprint density at radius 1 is 1.50 bits per heavy atom. The van der Waals surface area contributed by atoms with E-state index in [1.54, 1.807) is 19.3 Å². The Balaban J connectivity index is 2.46. The minimum absolute atomic E-state index is 0.118. The zero-order chi connectivity index (χ0) is 10.4. The number of hydrogen-bond donors (Lipinski definition) is 1. The van der Waals surface area contributed by atoms with Gasteiger partial charge in [-0.2, -0.15) is 0 Å². The van der Waals surface area contributed by atoms with Crippen LogP contribution in [0.4, 0.5) is 5.82 Å². The number of aromatic nitrogens is 2. The first-order valence-corrected chi connectivity index (χ1v) is 4.41. The monoisotopic (exact) mass is 195 g/mol. The van der Waals surface area contributed by atoms with Gasteiger partial charge in [0, 0.05) is 12.4 Å². The van der Waals surface area contributed by atoms with Crippen LogP contribution in [0.2, 0.25) is 0 Å². The van der Waals surface area contributed by atoms with Gasteiger partial charge in [0.05, 0.1) is 12.3 Å². The van der Waals surface area contributed by atoms with Crippen molar-refractivity contribution in [3.8, 4) is 0 Å². The van der Waals surface area contributed by atoms with Gasteiger partial charge in [0.25, 0.3) is 0 Å². The summed E-state index contributed by atoms with van der Waals surface area (Å²) in [5, 5.41) is 2.85. The van der Waals surface area contributed by atoms with Crippen LogP contribution in [0.3, 0.4) is 0 Å². The van der Waals surface area contributed by atoms with Crippen molar-refractivity contribution in [3.05, 3.63) is 18.1 Å². The lowest BCUT2D eigenvalue weighted by atomic mass is 10.4. The quantitative estimate of drug-likeness (QED) is 0.718. The number of rotatable bonds is 4. The summed E-state index contributed by atoms with van der Waals surface area (Å²) in [7, 11) is 0. The zero-order valence-corrected chi connectivity index (χ0v) is 8.28. The number of carbonyl (C=O) groups excluding carboxylic acids is 1.